The second-order valence-electron chi connectivity index (χ2n) is 5.53. The lowest BCUT2D eigenvalue weighted by Crippen LogP contribution is -2.46. The van der Waals surface area contributed by atoms with Crippen LogP contribution < -0.4 is 5.32 Å². The Balaban J connectivity index is 2.52. The highest BCUT2D eigenvalue weighted by Gasteiger charge is 2.29. The van der Waals surface area contributed by atoms with Crippen LogP contribution in [-0.2, 0) is 4.79 Å². The van der Waals surface area contributed by atoms with Crippen molar-refractivity contribution in [3.05, 3.63) is 0 Å². The predicted octanol–water partition coefficient (Wildman–Crippen LogP) is 3.10. The average Bonchev–Trinajstić information content (AvgIpc) is 2.17. The largest absolute Gasteiger partial charge is 0.353 e. The maximum Gasteiger partial charge on any atom is 0.225 e. The van der Waals surface area contributed by atoms with Gasteiger partial charge in [-0.25, -0.2) is 0 Å². The van der Waals surface area contributed by atoms with Crippen LogP contribution in [0.5, 0.6) is 0 Å². The van der Waals surface area contributed by atoms with Crippen LogP contribution >= 0.6 is 15.9 Å². The molecule has 2 atom stereocenters. The second-order valence-corrected chi connectivity index (χ2v) is 6.18. The summed E-state index contributed by atoms with van der Waals surface area (Å²) < 4.78 is 0. The Morgan fingerprint density at radius 3 is 2.47 bits per heavy atom. The van der Waals surface area contributed by atoms with Crippen molar-refractivity contribution in [3.63, 3.8) is 0 Å². The van der Waals surface area contributed by atoms with E-state index in [0.717, 1.165) is 11.8 Å². The summed E-state index contributed by atoms with van der Waals surface area (Å²) >= 11 is 3.54. The first-order valence-electron chi connectivity index (χ1n) is 5.82. The van der Waals surface area contributed by atoms with Crippen molar-refractivity contribution < 1.29 is 4.79 Å². The predicted molar refractivity (Wildman–Crippen MR) is 67.1 cm³/mol. The fourth-order valence-corrected chi connectivity index (χ4v) is 2.74. The molecule has 88 valence electrons. The Hall–Kier alpha value is -0.0500. The molecule has 0 heterocycles. The van der Waals surface area contributed by atoms with Crippen LogP contribution in [0.4, 0.5) is 0 Å². The molecule has 1 N–H and O–H groups in total. The van der Waals surface area contributed by atoms with Crippen LogP contribution in [0, 0.1) is 11.3 Å². The standard InChI is InChI=1S/C12H22BrNO/c1-12(2,3)11(15)14-10-7-5-4-6-9(10)8-13/h9-10H,4-8H2,1-3H3,(H,14,15). The zero-order valence-electron chi connectivity index (χ0n) is 9.98. The molecule has 0 spiro atoms. The number of rotatable bonds is 2. The van der Waals surface area contributed by atoms with E-state index >= 15 is 0 Å². The Morgan fingerprint density at radius 1 is 1.33 bits per heavy atom. The smallest absolute Gasteiger partial charge is 0.225 e. The van der Waals surface area contributed by atoms with E-state index in [1.165, 1.54) is 19.3 Å². The van der Waals surface area contributed by atoms with Gasteiger partial charge in [0.1, 0.15) is 0 Å². The minimum Gasteiger partial charge on any atom is -0.353 e. The van der Waals surface area contributed by atoms with E-state index in [4.69, 9.17) is 0 Å². The van der Waals surface area contributed by atoms with Crippen LogP contribution in [0.3, 0.4) is 0 Å². The Morgan fingerprint density at radius 2 is 1.93 bits per heavy atom. The molecule has 0 aromatic rings. The summed E-state index contributed by atoms with van der Waals surface area (Å²) in [6.07, 6.45) is 4.93. The van der Waals surface area contributed by atoms with Crippen molar-refractivity contribution in [3.8, 4) is 0 Å². The molecular weight excluding hydrogens is 254 g/mol. The monoisotopic (exact) mass is 275 g/mol. The molecule has 0 radical (unpaired) electrons. The van der Waals surface area contributed by atoms with E-state index < -0.39 is 0 Å². The molecular formula is C12H22BrNO. The van der Waals surface area contributed by atoms with Gasteiger partial charge in [-0.05, 0) is 18.8 Å². The first-order valence-corrected chi connectivity index (χ1v) is 6.94. The molecule has 0 aromatic carbocycles. The highest BCUT2D eigenvalue weighted by Crippen LogP contribution is 2.27. The van der Waals surface area contributed by atoms with Gasteiger partial charge in [0.15, 0.2) is 0 Å². The summed E-state index contributed by atoms with van der Waals surface area (Å²) in [4.78, 5) is 11.9. The molecule has 15 heavy (non-hydrogen) atoms. The summed E-state index contributed by atoms with van der Waals surface area (Å²) in [7, 11) is 0. The molecule has 1 aliphatic carbocycles. The normalized spacial score (nSPS) is 27.5. The van der Waals surface area contributed by atoms with E-state index in [0.29, 0.717) is 12.0 Å². The van der Waals surface area contributed by atoms with Gasteiger partial charge in [-0.15, -0.1) is 0 Å². The summed E-state index contributed by atoms with van der Waals surface area (Å²) in [5.74, 6) is 0.797. The van der Waals surface area contributed by atoms with Crippen molar-refractivity contribution in [2.45, 2.75) is 52.5 Å². The number of hydrogen-bond acceptors (Lipinski definition) is 1. The van der Waals surface area contributed by atoms with Crippen LogP contribution in [0.2, 0.25) is 0 Å². The van der Waals surface area contributed by atoms with Crippen molar-refractivity contribution in [2.75, 3.05) is 5.33 Å². The van der Waals surface area contributed by atoms with Gasteiger partial charge < -0.3 is 5.32 Å². The SMILES string of the molecule is CC(C)(C)C(=O)NC1CCCCC1CBr. The molecule has 1 fully saturated rings. The molecule has 0 aromatic heterocycles. The second kappa shape index (κ2) is 5.33. The van der Waals surface area contributed by atoms with Gasteiger partial charge in [0.05, 0.1) is 0 Å². The quantitative estimate of drug-likeness (QED) is 0.771. The van der Waals surface area contributed by atoms with Gasteiger partial charge in [-0.3, -0.25) is 4.79 Å². The van der Waals surface area contributed by atoms with Gasteiger partial charge in [0, 0.05) is 16.8 Å². The third-order valence-electron chi connectivity index (χ3n) is 3.10. The zero-order chi connectivity index (χ0) is 11.5. The zero-order valence-corrected chi connectivity index (χ0v) is 11.6. The molecule has 0 bridgehead atoms. The van der Waals surface area contributed by atoms with Gasteiger partial charge in [-0.1, -0.05) is 49.5 Å². The van der Waals surface area contributed by atoms with E-state index in [-0.39, 0.29) is 11.3 Å². The fourth-order valence-electron chi connectivity index (χ4n) is 1.97. The van der Waals surface area contributed by atoms with E-state index in [1.54, 1.807) is 0 Å². The number of hydrogen-bond donors (Lipinski definition) is 1. The van der Waals surface area contributed by atoms with Crippen molar-refractivity contribution in [1.82, 2.24) is 5.32 Å². The third-order valence-corrected chi connectivity index (χ3v) is 3.94. The van der Waals surface area contributed by atoms with E-state index in [9.17, 15) is 4.79 Å². The number of carbonyl (C=O) groups is 1. The molecule has 1 amide bonds. The highest BCUT2D eigenvalue weighted by atomic mass is 79.9. The maximum atomic E-state index is 11.9. The summed E-state index contributed by atoms with van der Waals surface area (Å²) in [6, 6.07) is 0.379. The topological polar surface area (TPSA) is 29.1 Å². The number of amides is 1. The number of nitrogens with one attached hydrogen (secondary N) is 1. The molecule has 0 aliphatic heterocycles. The maximum absolute atomic E-state index is 11.9. The van der Waals surface area contributed by atoms with Gasteiger partial charge >= 0.3 is 0 Å². The van der Waals surface area contributed by atoms with Gasteiger partial charge in [-0.2, -0.15) is 0 Å². The lowest BCUT2D eigenvalue weighted by molar-refractivity contribution is -0.129. The molecule has 0 saturated heterocycles. The number of halogens is 1. The lowest BCUT2D eigenvalue weighted by Gasteiger charge is -2.33. The summed E-state index contributed by atoms with van der Waals surface area (Å²) in [6.45, 7) is 5.90. The summed E-state index contributed by atoms with van der Waals surface area (Å²) in [5, 5.41) is 4.19. The highest BCUT2D eigenvalue weighted by molar-refractivity contribution is 9.09. The van der Waals surface area contributed by atoms with Crippen LogP contribution in [0.25, 0.3) is 0 Å². The minimum absolute atomic E-state index is 0.181. The summed E-state index contributed by atoms with van der Waals surface area (Å²) in [5.41, 5.74) is -0.270. The van der Waals surface area contributed by atoms with Gasteiger partial charge in [0.2, 0.25) is 5.91 Å². The average molecular weight is 276 g/mol. The molecule has 1 rings (SSSR count). The van der Waals surface area contributed by atoms with Crippen LogP contribution in [0.15, 0.2) is 0 Å². The fraction of sp³-hybridized carbons (Fsp3) is 0.917. The molecule has 1 saturated carbocycles. The Bertz CT molecular complexity index is 222. The van der Waals surface area contributed by atoms with Crippen molar-refractivity contribution in [2.24, 2.45) is 11.3 Å². The minimum atomic E-state index is -0.270. The van der Waals surface area contributed by atoms with E-state index in [2.05, 4.69) is 21.2 Å². The van der Waals surface area contributed by atoms with Crippen LogP contribution in [0.1, 0.15) is 46.5 Å². The molecule has 2 unspecified atom stereocenters. The third kappa shape index (κ3) is 3.78. The van der Waals surface area contributed by atoms with Crippen molar-refractivity contribution >= 4 is 21.8 Å². The van der Waals surface area contributed by atoms with Crippen molar-refractivity contribution in [1.29, 1.82) is 0 Å². The number of alkyl halides is 1. The Kier molecular flexibility index (Phi) is 4.63. The van der Waals surface area contributed by atoms with Crippen LogP contribution in [-0.4, -0.2) is 17.3 Å². The Labute approximate surface area is 101 Å². The molecule has 2 nitrogen and oxygen atoms in total. The molecule has 3 heteroatoms. The lowest BCUT2D eigenvalue weighted by atomic mass is 9.84. The first kappa shape index (κ1) is 13.0. The molecule has 1 aliphatic rings. The number of carbonyl (C=O) groups excluding carboxylic acids is 1. The van der Waals surface area contributed by atoms with Gasteiger partial charge in [0.25, 0.3) is 0 Å². The van der Waals surface area contributed by atoms with E-state index in [1.807, 2.05) is 20.8 Å². The first-order chi connectivity index (χ1) is 6.95.